The Morgan fingerprint density at radius 2 is 2.05 bits per heavy atom. The zero-order chi connectivity index (χ0) is 15.8. The number of nitrogens with one attached hydrogen (secondary N) is 1. The maximum Gasteiger partial charge on any atom is 0.337 e. The van der Waals surface area contributed by atoms with Crippen LogP contribution in [0, 0.1) is 0 Å². The van der Waals surface area contributed by atoms with Crippen molar-refractivity contribution in [3.8, 4) is 5.75 Å². The predicted octanol–water partition coefficient (Wildman–Crippen LogP) is 3.05. The van der Waals surface area contributed by atoms with Gasteiger partial charge in [0.15, 0.2) is 0 Å². The van der Waals surface area contributed by atoms with Crippen LogP contribution in [0.15, 0.2) is 18.2 Å². The Bertz CT molecular complexity index is 502. The molecule has 0 aromatic heterocycles. The first-order valence-electron chi connectivity index (χ1n) is 6.93. The Balaban J connectivity index is 2.77. The highest BCUT2D eigenvalue weighted by Gasteiger charge is 2.15. The van der Waals surface area contributed by atoms with E-state index in [0.29, 0.717) is 12.3 Å². The number of urea groups is 1. The maximum absolute atomic E-state index is 12.0. The van der Waals surface area contributed by atoms with E-state index in [1.54, 1.807) is 18.0 Å². The molecule has 116 valence electrons. The van der Waals surface area contributed by atoms with Crippen molar-refractivity contribution in [2.75, 3.05) is 26.0 Å². The number of carbonyl (C=O) groups is 2. The number of rotatable bonds is 7. The van der Waals surface area contributed by atoms with Crippen LogP contribution in [-0.2, 0) is 0 Å². The van der Waals surface area contributed by atoms with Crippen molar-refractivity contribution >= 4 is 17.7 Å². The van der Waals surface area contributed by atoms with Gasteiger partial charge in [0.25, 0.3) is 0 Å². The predicted molar refractivity (Wildman–Crippen MR) is 81.1 cm³/mol. The standard InChI is InChI=1S/C15H22N2O4/c1-4-5-6-9-17(2)15(20)16-13-8-7-11(21-3)10-12(13)14(18)19/h7-8,10H,4-6,9H2,1-3H3,(H,16,20)(H,18,19). The molecule has 6 nitrogen and oxygen atoms in total. The van der Waals surface area contributed by atoms with Gasteiger partial charge in [0, 0.05) is 13.6 Å². The van der Waals surface area contributed by atoms with E-state index in [1.807, 2.05) is 0 Å². The van der Waals surface area contributed by atoms with Crippen LogP contribution in [0.25, 0.3) is 0 Å². The molecule has 2 N–H and O–H groups in total. The Morgan fingerprint density at radius 1 is 1.33 bits per heavy atom. The quantitative estimate of drug-likeness (QED) is 0.758. The number of aromatic carboxylic acids is 1. The van der Waals surface area contributed by atoms with Crippen molar-refractivity contribution in [3.05, 3.63) is 23.8 Å². The number of hydrogen-bond acceptors (Lipinski definition) is 3. The Kier molecular flexibility index (Phi) is 6.52. The highest BCUT2D eigenvalue weighted by molar-refractivity contribution is 6.00. The molecule has 1 aromatic carbocycles. The summed E-state index contributed by atoms with van der Waals surface area (Å²) in [6.07, 6.45) is 3.06. The second-order valence-corrected chi connectivity index (χ2v) is 4.78. The van der Waals surface area contributed by atoms with Crippen molar-refractivity contribution in [1.82, 2.24) is 4.90 Å². The second kappa shape index (κ2) is 8.14. The number of methoxy groups -OCH3 is 1. The molecular formula is C15H22N2O4. The molecule has 0 unspecified atom stereocenters. The minimum atomic E-state index is -1.11. The van der Waals surface area contributed by atoms with Gasteiger partial charge in [0.2, 0.25) is 0 Å². The van der Waals surface area contributed by atoms with E-state index in [9.17, 15) is 14.7 Å². The maximum atomic E-state index is 12.0. The third-order valence-electron chi connectivity index (χ3n) is 3.14. The van der Waals surface area contributed by atoms with E-state index in [1.165, 1.54) is 19.2 Å². The van der Waals surface area contributed by atoms with Crippen molar-refractivity contribution in [1.29, 1.82) is 0 Å². The number of carboxylic acid groups (broad SMARTS) is 1. The van der Waals surface area contributed by atoms with Gasteiger partial charge in [-0.1, -0.05) is 19.8 Å². The van der Waals surface area contributed by atoms with E-state index >= 15 is 0 Å². The minimum Gasteiger partial charge on any atom is -0.497 e. The van der Waals surface area contributed by atoms with Crippen molar-refractivity contribution in [2.24, 2.45) is 0 Å². The van der Waals surface area contributed by atoms with Gasteiger partial charge >= 0.3 is 12.0 Å². The Hall–Kier alpha value is -2.24. The van der Waals surface area contributed by atoms with Crippen LogP contribution in [0.5, 0.6) is 5.75 Å². The summed E-state index contributed by atoms with van der Waals surface area (Å²) in [7, 11) is 3.15. The first kappa shape index (κ1) is 16.8. The number of benzene rings is 1. The zero-order valence-electron chi connectivity index (χ0n) is 12.7. The van der Waals surface area contributed by atoms with Crippen LogP contribution in [0.3, 0.4) is 0 Å². The molecule has 0 heterocycles. The van der Waals surface area contributed by atoms with Crippen molar-refractivity contribution in [2.45, 2.75) is 26.2 Å². The number of hydrogen-bond donors (Lipinski definition) is 2. The second-order valence-electron chi connectivity index (χ2n) is 4.78. The topological polar surface area (TPSA) is 78.9 Å². The summed E-state index contributed by atoms with van der Waals surface area (Å²) >= 11 is 0. The number of unbranched alkanes of at least 4 members (excludes halogenated alkanes) is 2. The molecule has 0 aliphatic heterocycles. The lowest BCUT2D eigenvalue weighted by atomic mass is 10.1. The van der Waals surface area contributed by atoms with Gasteiger partial charge in [-0.2, -0.15) is 0 Å². The molecule has 2 amide bonds. The number of carbonyl (C=O) groups excluding carboxylic acids is 1. The fourth-order valence-electron chi connectivity index (χ4n) is 1.85. The molecule has 0 aliphatic carbocycles. The summed E-state index contributed by atoms with van der Waals surface area (Å²) in [5, 5.41) is 11.8. The first-order chi connectivity index (χ1) is 9.99. The zero-order valence-corrected chi connectivity index (χ0v) is 12.7. The van der Waals surface area contributed by atoms with Crippen LogP contribution < -0.4 is 10.1 Å². The third kappa shape index (κ3) is 4.98. The van der Waals surface area contributed by atoms with E-state index in [0.717, 1.165) is 19.3 Å². The largest absolute Gasteiger partial charge is 0.497 e. The number of amides is 2. The average Bonchev–Trinajstić information content (AvgIpc) is 2.47. The summed E-state index contributed by atoms with van der Waals surface area (Å²) in [5.74, 6) is -0.681. The van der Waals surface area contributed by atoms with Gasteiger partial charge < -0.3 is 20.1 Å². The van der Waals surface area contributed by atoms with Gasteiger partial charge in [0.05, 0.1) is 18.4 Å². The normalized spacial score (nSPS) is 10.0. The molecule has 0 radical (unpaired) electrons. The average molecular weight is 294 g/mol. The number of nitrogens with zero attached hydrogens (tertiary/aromatic N) is 1. The summed E-state index contributed by atoms with van der Waals surface area (Å²) in [6, 6.07) is 4.20. The summed E-state index contributed by atoms with van der Waals surface area (Å²) in [4.78, 5) is 24.8. The third-order valence-corrected chi connectivity index (χ3v) is 3.14. The van der Waals surface area contributed by atoms with Gasteiger partial charge in [-0.3, -0.25) is 0 Å². The lowest BCUT2D eigenvalue weighted by Gasteiger charge is -2.18. The summed E-state index contributed by atoms with van der Waals surface area (Å²) < 4.78 is 4.99. The van der Waals surface area contributed by atoms with Crippen LogP contribution in [-0.4, -0.2) is 42.7 Å². The number of ether oxygens (including phenoxy) is 1. The van der Waals surface area contributed by atoms with Crippen LogP contribution >= 0.6 is 0 Å². The first-order valence-corrected chi connectivity index (χ1v) is 6.93. The molecule has 21 heavy (non-hydrogen) atoms. The SMILES string of the molecule is CCCCCN(C)C(=O)Nc1ccc(OC)cc1C(=O)O. The highest BCUT2D eigenvalue weighted by atomic mass is 16.5. The molecule has 0 fully saturated rings. The van der Waals surface area contributed by atoms with E-state index in [-0.39, 0.29) is 17.3 Å². The van der Waals surface area contributed by atoms with Crippen molar-refractivity contribution in [3.63, 3.8) is 0 Å². The van der Waals surface area contributed by atoms with Gasteiger partial charge in [-0.05, 0) is 24.6 Å². The molecule has 1 rings (SSSR count). The Morgan fingerprint density at radius 3 is 2.62 bits per heavy atom. The molecule has 6 heteroatoms. The lowest BCUT2D eigenvalue weighted by Crippen LogP contribution is -2.32. The highest BCUT2D eigenvalue weighted by Crippen LogP contribution is 2.22. The number of carboxylic acids is 1. The van der Waals surface area contributed by atoms with E-state index in [2.05, 4.69) is 12.2 Å². The van der Waals surface area contributed by atoms with Crippen LogP contribution in [0.2, 0.25) is 0 Å². The summed E-state index contributed by atoms with van der Waals surface area (Å²) in [6.45, 7) is 2.73. The molecule has 0 saturated carbocycles. The molecular weight excluding hydrogens is 272 g/mol. The molecule has 0 spiro atoms. The smallest absolute Gasteiger partial charge is 0.337 e. The van der Waals surface area contributed by atoms with E-state index in [4.69, 9.17) is 4.74 Å². The molecule has 0 saturated heterocycles. The molecule has 0 bridgehead atoms. The number of anilines is 1. The Labute approximate surface area is 124 Å². The monoisotopic (exact) mass is 294 g/mol. The lowest BCUT2D eigenvalue weighted by molar-refractivity contribution is 0.0697. The molecule has 0 atom stereocenters. The van der Waals surface area contributed by atoms with Crippen molar-refractivity contribution < 1.29 is 19.4 Å². The fraction of sp³-hybridized carbons (Fsp3) is 0.467. The minimum absolute atomic E-state index is 0.00431. The molecule has 1 aromatic rings. The summed E-state index contributed by atoms with van der Waals surface area (Å²) in [5.41, 5.74) is 0.264. The fourth-order valence-corrected chi connectivity index (χ4v) is 1.85. The van der Waals surface area contributed by atoms with Gasteiger partial charge in [-0.15, -0.1) is 0 Å². The van der Waals surface area contributed by atoms with Gasteiger partial charge in [-0.25, -0.2) is 9.59 Å². The van der Waals surface area contributed by atoms with Crippen LogP contribution in [0.1, 0.15) is 36.5 Å². The van der Waals surface area contributed by atoms with Crippen LogP contribution in [0.4, 0.5) is 10.5 Å². The van der Waals surface area contributed by atoms with Gasteiger partial charge in [0.1, 0.15) is 5.75 Å². The molecule has 0 aliphatic rings. The van der Waals surface area contributed by atoms with E-state index < -0.39 is 5.97 Å².